The van der Waals surface area contributed by atoms with E-state index in [1.165, 1.54) is 4.90 Å². The molecule has 0 heterocycles. The van der Waals surface area contributed by atoms with E-state index in [0.717, 1.165) is 39.3 Å². The largest absolute Gasteiger partial charge is 0.483 e. The number of ether oxygens (including phenoxy) is 1. The summed E-state index contributed by atoms with van der Waals surface area (Å²) in [6.07, 6.45) is 0. The van der Waals surface area contributed by atoms with Crippen LogP contribution in [0.15, 0.2) is 30.3 Å². The molecule has 0 fully saturated rings. The molecule has 0 saturated carbocycles. The van der Waals surface area contributed by atoms with Crippen molar-refractivity contribution in [2.75, 3.05) is 25.5 Å². The molecule has 1 N–H and O–H groups in total. The number of nitrogens with one attached hydrogen (secondary N) is 1. The van der Waals surface area contributed by atoms with Gasteiger partial charge in [0.25, 0.3) is 5.91 Å². The standard InChI is InChI=1S/C22H28N2O3/c1-14-10-17(4)22(18(5)11-14)27-13-20(26)24(6)12-19(25)23-21-15(2)8-7-9-16(21)3/h7-11H,12-13H2,1-6H3,(H,23,25). The topological polar surface area (TPSA) is 58.6 Å². The highest BCUT2D eigenvalue weighted by Gasteiger charge is 2.16. The molecule has 0 saturated heterocycles. The van der Waals surface area contributed by atoms with Crippen LogP contribution in [0.25, 0.3) is 0 Å². The molecule has 2 rings (SSSR count). The maximum Gasteiger partial charge on any atom is 0.260 e. The van der Waals surface area contributed by atoms with E-state index >= 15 is 0 Å². The van der Waals surface area contributed by atoms with Crippen molar-refractivity contribution in [3.8, 4) is 5.75 Å². The summed E-state index contributed by atoms with van der Waals surface area (Å²) in [4.78, 5) is 26.0. The van der Waals surface area contributed by atoms with Crippen LogP contribution in [0.5, 0.6) is 5.75 Å². The average Bonchev–Trinajstić information content (AvgIpc) is 2.57. The van der Waals surface area contributed by atoms with Crippen LogP contribution in [0.1, 0.15) is 27.8 Å². The lowest BCUT2D eigenvalue weighted by molar-refractivity contribution is -0.135. The van der Waals surface area contributed by atoms with Crippen LogP contribution in [0.2, 0.25) is 0 Å². The number of para-hydroxylation sites is 1. The van der Waals surface area contributed by atoms with Gasteiger partial charge in [0.2, 0.25) is 5.91 Å². The lowest BCUT2D eigenvalue weighted by Crippen LogP contribution is -2.37. The molecule has 0 aliphatic carbocycles. The van der Waals surface area contributed by atoms with Gasteiger partial charge in [0, 0.05) is 12.7 Å². The highest BCUT2D eigenvalue weighted by atomic mass is 16.5. The number of hydrogen-bond acceptors (Lipinski definition) is 3. The molecule has 0 aliphatic heterocycles. The number of nitrogens with zero attached hydrogens (tertiary/aromatic N) is 1. The SMILES string of the molecule is Cc1cc(C)c(OCC(=O)N(C)CC(=O)Nc2c(C)cccc2C)c(C)c1. The molecule has 0 radical (unpaired) electrons. The van der Waals surface area contributed by atoms with Crippen molar-refractivity contribution < 1.29 is 14.3 Å². The van der Waals surface area contributed by atoms with Crippen molar-refractivity contribution >= 4 is 17.5 Å². The molecule has 144 valence electrons. The van der Waals surface area contributed by atoms with Gasteiger partial charge in [0.05, 0.1) is 6.54 Å². The van der Waals surface area contributed by atoms with Gasteiger partial charge in [-0.15, -0.1) is 0 Å². The first-order valence-electron chi connectivity index (χ1n) is 8.99. The molecule has 0 aliphatic rings. The Labute approximate surface area is 161 Å². The highest BCUT2D eigenvalue weighted by molar-refractivity contribution is 5.95. The van der Waals surface area contributed by atoms with Gasteiger partial charge < -0.3 is 15.0 Å². The Morgan fingerprint density at radius 3 is 2.07 bits per heavy atom. The van der Waals surface area contributed by atoms with Crippen LogP contribution in [0.3, 0.4) is 0 Å². The molecule has 27 heavy (non-hydrogen) atoms. The van der Waals surface area contributed by atoms with E-state index in [0.29, 0.717) is 0 Å². The zero-order valence-corrected chi connectivity index (χ0v) is 17.0. The molecule has 0 bridgehead atoms. The van der Waals surface area contributed by atoms with Crippen LogP contribution in [-0.2, 0) is 9.59 Å². The first-order valence-corrected chi connectivity index (χ1v) is 8.99. The Kier molecular flexibility index (Phi) is 6.61. The molecule has 2 aromatic carbocycles. The fraction of sp³-hybridized carbons (Fsp3) is 0.364. The predicted octanol–water partition coefficient (Wildman–Crippen LogP) is 3.70. The molecular weight excluding hydrogens is 340 g/mol. The van der Waals surface area contributed by atoms with Gasteiger partial charge in [-0.25, -0.2) is 0 Å². The maximum absolute atomic E-state index is 12.3. The molecule has 5 nitrogen and oxygen atoms in total. The Morgan fingerprint density at radius 1 is 0.963 bits per heavy atom. The van der Waals surface area contributed by atoms with Crippen molar-refractivity contribution in [3.05, 3.63) is 58.1 Å². The lowest BCUT2D eigenvalue weighted by atomic mass is 10.1. The number of carbonyl (C=O) groups excluding carboxylic acids is 2. The first-order chi connectivity index (χ1) is 12.7. The van der Waals surface area contributed by atoms with Gasteiger partial charge >= 0.3 is 0 Å². The van der Waals surface area contributed by atoms with E-state index in [-0.39, 0.29) is 25.0 Å². The Morgan fingerprint density at radius 2 is 1.52 bits per heavy atom. The third-order valence-electron chi connectivity index (χ3n) is 4.50. The van der Waals surface area contributed by atoms with Gasteiger partial charge in [-0.2, -0.15) is 0 Å². The third kappa shape index (κ3) is 5.33. The van der Waals surface area contributed by atoms with Crippen LogP contribution in [0, 0.1) is 34.6 Å². The number of anilines is 1. The third-order valence-corrected chi connectivity index (χ3v) is 4.50. The molecule has 2 aromatic rings. The minimum Gasteiger partial charge on any atom is -0.483 e. The summed E-state index contributed by atoms with van der Waals surface area (Å²) in [6, 6.07) is 9.88. The number of rotatable bonds is 6. The summed E-state index contributed by atoms with van der Waals surface area (Å²) < 4.78 is 5.72. The lowest BCUT2D eigenvalue weighted by Gasteiger charge is -2.19. The quantitative estimate of drug-likeness (QED) is 0.846. The van der Waals surface area contributed by atoms with Crippen molar-refractivity contribution in [1.82, 2.24) is 4.90 Å². The predicted molar refractivity (Wildman–Crippen MR) is 108 cm³/mol. The van der Waals surface area contributed by atoms with Crippen molar-refractivity contribution in [2.45, 2.75) is 34.6 Å². The van der Waals surface area contributed by atoms with Gasteiger partial charge in [-0.1, -0.05) is 35.9 Å². The number of hydrogen-bond donors (Lipinski definition) is 1. The van der Waals surface area contributed by atoms with Gasteiger partial charge in [-0.3, -0.25) is 9.59 Å². The first kappa shape index (κ1) is 20.5. The maximum atomic E-state index is 12.3. The van der Waals surface area contributed by atoms with E-state index in [2.05, 4.69) is 5.32 Å². The molecule has 2 amide bonds. The monoisotopic (exact) mass is 368 g/mol. The molecule has 5 heteroatoms. The second-order valence-electron chi connectivity index (χ2n) is 7.08. The molecule has 0 atom stereocenters. The number of likely N-dealkylation sites (N-methyl/N-ethyl adjacent to an activating group) is 1. The van der Waals surface area contributed by atoms with Gasteiger partial charge in [-0.05, 0) is 56.9 Å². The summed E-state index contributed by atoms with van der Waals surface area (Å²) in [5, 5.41) is 2.89. The minimum absolute atomic E-state index is 0.0260. The van der Waals surface area contributed by atoms with E-state index in [4.69, 9.17) is 4.74 Å². The fourth-order valence-electron chi connectivity index (χ4n) is 3.13. The van der Waals surface area contributed by atoms with Crippen molar-refractivity contribution in [3.63, 3.8) is 0 Å². The number of aryl methyl sites for hydroxylation is 5. The summed E-state index contributed by atoms with van der Waals surface area (Å²) in [5.74, 6) is 0.249. The zero-order valence-electron chi connectivity index (χ0n) is 17.0. The Balaban J connectivity index is 1.93. The summed E-state index contributed by atoms with van der Waals surface area (Å²) in [5.41, 5.74) is 5.93. The van der Waals surface area contributed by atoms with Gasteiger partial charge in [0.15, 0.2) is 6.61 Å². The fourth-order valence-corrected chi connectivity index (χ4v) is 3.13. The Hall–Kier alpha value is -2.82. The zero-order chi connectivity index (χ0) is 20.1. The normalized spacial score (nSPS) is 10.4. The molecule has 0 unspecified atom stereocenters. The molecular formula is C22H28N2O3. The van der Waals surface area contributed by atoms with Crippen LogP contribution < -0.4 is 10.1 Å². The second-order valence-corrected chi connectivity index (χ2v) is 7.08. The number of benzene rings is 2. The minimum atomic E-state index is -0.244. The molecule has 0 spiro atoms. The van der Waals surface area contributed by atoms with Gasteiger partial charge in [0.1, 0.15) is 5.75 Å². The smallest absolute Gasteiger partial charge is 0.260 e. The van der Waals surface area contributed by atoms with E-state index in [1.807, 2.05) is 65.0 Å². The second kappa shape index (κ2) is 8.71. The van der Waals surface area contributed by atoms with E-state index in [1.54, 1.807) is 7.05 Å². The van der Waals surface area contributed by atoms with Crippen molar-refractivity contribution in [2.24, 2.45) is 0 Å². The Bertz CT molecular complexity index is 815. The average molecular weight is 368 g/mol. The van der Waals surface area contributed by atoms with E-state index < -0.39 is 0 Å². The van der Waals surface area contributed by atoms with Crippen molar-refractivity contribution in [1.29, 1.82) is 0 Å². The van der Waals surface area contributed by atoms with E-state index in [9.17, 15) is 9.59 Å². The van der Waals surface area contributed by atoms with Crippen LogP contribution >= 0.6 is 0 Å². The summed E-state index contributed by atoms with van der Waals surface area (Å²) in [6.45, 7) is 9.70. The number of carbonyl (C=O) groups is 2. The summed E-state index contributed by atoms with van der Waals surface area (Å²) in [7, 11) is 1.60. The highest BCUT2D eigenvalue weighted by Crippen LogP contribution is 2.24. The van der Waals surface area contributed by atoms with Crippen LogP contribution in [0.4, 0.5) is 5.69 Å². The number of amides is 2. The summed E-state index contributed by atoms with van der Waals surface area (Å²) >= 11 is 0. The van der Waals surface area contributed by atoms with Crippen LogP contribution in [-0.4, -0.2) is 36.9 Å². The molecule has 0 aromatic heterocycles.